The fraction of sp³-hybridized carbons (Fsp3) is 0.333. The van der Waals surface area contributed by atoms with Crippen molar-refractivity contribution in [1.82, 2.24) is 16.0 Å². The van der Waals surface area contributed by atoms with Crippen molar-refractivity contribution in [3.05, 3.63) is 65.7 Å². The molecule has 3 amide bonds. The van der Waals surface area contributed by atoms with Crippen LogP contribution >= 0.6 is 25.3 Å². The summed E-state index contributed by atoms with van der Waals surface area (Å²) in [5, 5.41) is 26.1. The Kier molecular flexibility index (Phi) is 11.6. The van der Waals surface area contributed by atoms with Crippen molar-refractivity contribution in [2.45, 2.75) is 37.0 Å². The van der Waals surface area contributed by atoms with E-state index < -0.39 is 47.9 Å². The number of hydrogen-bond donors (Lipinski definition) is 8. The predicted molar refractivity (Wildman–Crippen MR) is 141 cm³/mol. The number of carbonyl (C=O) groups excluding carboxylic acids is 3. The van der Waals surface area contributed by atoms with E-state index in [0.717, 1.165) is 5.56 Å². The topological polar surface area (TPSA) is 171 Å². The molecule has 10 nitrogen and oxygen atoms in total. The lowest BCUT2D eigenvalue weighted by molar-refractivity contribution is -0.141. The number of nitrogens with one attached hydrogen (secondary N) is 3. The van der Waals surface area contributed by atoms with Gasteiger partial charge in [0.25, 0.3) is 0 Å². The van der Waals surface area contributed by atoms with Crippen molar-refractivity contribution in [2.24, 2.45) is 5.73 Å². The molecule has 7 N–H and O–H groups in total. The van der Waals surface area contributed by atoms with Gasteiger partial charge in [-0.1, -0.05) is 42.5 Å². The number of benzene rings is 2. The van der Waals surface area contributed by atoms with Gasteiger partial charge in [0.1, 0.15) is 23.9 Å². The standard InChI is InChI=1S/C24H30N4O6S2/c25-17(10-14-4-2-1-3-5-14)21(30)26-18(11-15-6-8-16(29)9-7-15)22(31)27-19(12-35)23(32)28-20(13-36)24(33)34/h1-9,17-20,29,35-36H,10-13,25H2,(H,26,30)(H,27,31)(H,28,32)(H,33,34). The highest BCUT2D eigenvalue weighted by molar-refractivity contribution is 7.80. The summed E-state index contributed by atoms with van der Waals surface area (Å²) in [6.07, 6.45) is 0.299. The minimum Gasteiger partial charge on any atom is -0.508 e. The first-order chi connectivity index (χ1) is 17.1. The average Bonchev–Trinajstić information content (AvgIpc) is 2.86. The van der Waals surface area contributed by atoms with Crippen molar-refractivity contribution < 1.29 is 29.4 Å². The zero-order valence-electron chi connectivity index (χ0n) is 19.3. The molecule has 0 saturated carbocycles. The molecular weight excluding hydrogens is 504 g/mol. The second kappa shape index (κ2) is 14.4. The molecule has 0 bridgehead atoms. The van der Waals surface area contributed by atoms with Gasteiger partial charge in [0, 0.05) is 17.9 Å². The van der Waals surface area contributed by atoms with E-state index >= 15 is 0 Å². The molecule has 194 valence electrons. The molecule has 0 aliphatic rings. The smallest absolute Gasteiger partial charge is 0.327 e. The van der Waals surface area contributed by atoms with Crippen molar-refractivity contribution in [3.63, 3.8) is 0 Å². The second-order valence-corrected chi connectivity index (χ2v) is 8.78. The van der Waals surface area contributed by atoms with E-state index in [1.165, 1.54) is 12.1 Å². The Hall–Kier alpha value is -3.22. The summed E-state index contributed by atoms with van der Waals surface area (Å²) in [4.78, 5) is 49.7. The molecule has 0 aliphatic carbocycles. The zero-order chi connectivity index (χ0) is 26.7. The minimum atomic E-state index is -1.27. The van der Waals surface area contributed by atoms with E-state index in [1.54, 1.807) is 12.1 Å². The second-order valence-electron chi connectivity index (χ2n) is 8.05. The maximum absolute atomic E-state index is 13.1. The number of aliphatic carboxylic acids is 1. The number of thiol groups is 2. The molecule has 0 radical (unpaired) electrons. The zero-order valence-corrected chi connectivity index (χ0v) is 21.1. The Morgan fingerprint density at radius 1 is 0.722 bits per heavy atom. The third kappa shape index (κ3) is 9.10. The summed E-state index contributed by atoms with van der Waals surface area (Å²) in [7, 11) is 0. The maximum atomic E-state index is 13.1. The van der Waals surface area contributed by atoms with Crippen LogP contribution in [0.4, 0.5) is 0 Å². The van der Waals surface area contributed by atoms with Crippen LogP contribution in [0.25, 0.3) is 0 Å². The van der Waals surface area contributed by atoms with E-state index in [9.17, 15) is 24.3 Å². The molecule has 2 rings (SSSR count). The van der Waals surface area contributed by atoms with Crippen molar-refractivity contribution in [3.8, 4) is 5.75 Å². The Morgan fingerprint density at radius 3 is 1.78 bits per heavy atom. The first kappa shape index (κ1) is 29.0. The van der Waals surface area contributed by atoms with E-state index in [0.29, 0.717) is 5.56 Å². The lowest BCUT2D eigenvalue weighted by atomic mass is 10.0. The Bertz CT molecular complexity index is 1040. The molecule has 0 aliphatic heterocycles. The Morgan fingerprint density at radius 2 is 1.22 bits per heavy atom. The highest BCUT2D eigenvalue weighted by Crippen LogP contribution is 2.12. The molecule has 0 aromatic heterocycles. The van der Waals surface area contributed by atoms with Gasteiger partial charge in [0.15, 0.2) is 0 Å². The van der Waals surface area contributed by atoms with Crippen LogP contribution in [0, 0.1) is 0 Å². The van der Waals surface area contributed by atoms with Gasteiger partial charge in [-0.15, -0.1) is 0 Å². The number of nitrogens with two attached hydrogens (primary N) is 1. The van der Waals surface area contributed by atoms with Gasteiger partial charge in [-0.2, -0.15) is 25.3 Å². The highest BCUT2D eigenvalue weighted by atomic mass is 32.1. The quantitative estimate of drug-likeness (QED) is 0.166. The number of rotatable bonds is 13. The van der Waals surface area contributed by atoms with E-state index in [4.69, 9.17) is 10.8 Å². The number of phenolic OH excluding ortho intramolecular Hbond substituents is 1. The van der Waals surface area contributed by atoms with Gasteiger partial charge in [-0.3, -0.25) is 14.4 Å². The summed E-state index contributed by atoms with van der Waals surface area (Å²) in [6.45, 7) is 0. The Labute approximate surface area is 219 Å². The molecule has 0 fully saturated rings. The summed E-state index contributed by atoms with van der Waals surface area (Å²) < 4.78 is 0. The first-order valence-corrected chi connectivity index (χ1v) is 12.3. The fourth-order valence-corrected chi connectivity index (χ4v) is 3.75. The van der Waals surface area contributed by atoms with E-state index in [2.05, 4.69) is 41.2 Å². The summed E-state index contributed by atoms with van der Waals surface area (Å²) >= 11 is 8.00. The lowest BCUT2D eigenvalue weighted by Crippen LogP contribution is -2.58. The Balaban J connectivity index is 2.15. The van der Waals surface area contributed by atoms with Crippen LogP contribution in [0.1, 0.15) is 11.1 Å². The number of aromatic hydroxyl groups is 1. The molecule has 2 aromatic carbocycles. The molecular formula is C24H30N4O6S2. The van der Waals surface area contributed by atoms with E-state index in [-0.39, 0.29) is 30.1 Å². The van der Waals surface area contributed by atoms with Crippen molar-refractivity contribution in [1.29, 1.82) is 0 Å². The number of carboxylic acid groups (broad SMARTS) is 1. The minimum absolute atomic E-state index is 0.0395. The first-order valence-electron chi connectivity index (χ1n) is 11.1. The van der Waals surface area contributed by atoms with Crippen LogP contribution in [-0.2, 0) is 32.0 Å². The van der Waals surface area contributed by atoms with Gasteiger partial charge in [0.2, 0.25) is 17.7 Å². The highest BCUT2D eigenvalue weighted by Gasteiger charge is 2.29. The number of phenols is 1. The maximum Gasteiger partial charge on any atom is 0.327 e. The third-order valence-corrected chi connectivity index (χ3v) is 5.99. The number of carboxylic acids is 1. The number of hydrogen-bond acceptors (Lipinski definition) is 8. The van der Waals surface area contributed by atoms with Crippen molar-refractivity contribution in [2.75, 3.05) is 11.5 Å². The monoisotopic (exact) mass is 534 g/mol. The van der Waals surface area contributed by atoms with Crippen LogP contribution in [0.5, 0.6) is 5.75 Å². The van der Waals surface area contributed by atoms with Gasteiger partial charge >= 0.3 is 5.97 Å². The summed E-state index contributed by atoms with van der Waals surface area (Å²) in [6, 6.07) is 10.8. The van der Waals surface area contributed by atoms with Gasteiger partial charge in [-0.05, 0) is 29.7 Å². The van der Waals surface area contributed by atoms with E-state index in [1.807, 2.05) is 30.3 Å². The van der Waals surface area contributed by atoms with Crippen molar-refractivity contribution >= 4 is 48.9 Å². The average molecular weight is 535 g/mol. The molecule has 0 heterocycles. The fourth-order valence-electron chi connectivity index (χ4n) is 3.24. The molecule has 0 saturated heterocycles. The molecule has 2 aromatic rings. The van der Waals surface area contributed by atoms with Crippen LogP contribution < -0.4 is 21.7 Å². The molecule has 12 heteroatoms. The largest absolute Gasteiger partial charge is 0.508 e. The SMILES string of the molecule is NC(Cc1ccccc1)C(=O)NC(Cc1ccc(O)cc1)C(=O)NC(CS)C(=O)NC(CS)C(=O)O. The van der Waals surface area contributed by atoms with Crippen LogP contribution in [0.3, 0.4) is 0 Å². The number of carbonyl (C=O) groups is 4. The number of amides is 3. The summed E-state index contributed by atoms with van der Waals surface area (Å²) in [5.74, 6) is -3.50. The summed E-state index contributed by atoms with van der Waals surface area (Å²) in [5.41, 5.74) is 7.56. The normalized spacial score (nSPS) is 14.1. The lowest BCUT2D eigenvalue weighted by Gasteiger charge is -2.24. The molecule has 36 heavy (non-hydrogen) atoms. The molecule has 4 atom stereocenters. The van der Waals surface area contributed by atoms with Gasteiger partial charge in [0.05, 0.1) is 6.04 Å². The predicted octanol–water partition coefficient (Wildman–Crippen LogP) is -0.0967. The molecule has 4 unspecified atom stereocenters. The van der Waals surface area contributed by atoms with Gasteiger partial charge < -0.3 is 31.9 Å². The third-order valence-electron chi connectivity index (χ3n) is 5.26. The van der Waals surface area contributed by atoms with Crippen LogP contribution in [0.2, 0.25) is 0 Å². The molecule has 0 spiro atoms. The van der Waals surface area contributed by atoms with Gasteiger partial charge in [-0.25, -0.2) is 4.79 Å². The van der Waals surface area contributed by atoms with Crippen LogP contribution in [-0.4, -0.2) is 69.6 Å². The van der Waals surface area contributed by atoms with Crippen LogP contribution in [0.15, 0.2) is 54.6 Å².